The van der Waals surface area contributed by atoms with Gasteiger partial charge in [-0.2, -0.15) is 0 Å². The average molecular weight is 271 g/mol. The summed E-state index contributed by atoms with van der Waals surface area (Å²) in [5.74, 6) is 1.58. The molecule has 0 saturated carbocycles. The molecular weight excluding hydrogens is 250 g/mol. The minimum absolute atomic E-state index is 0.760. The Morgan fingerprint density at radius 2 is 2.00 bits per heavy atom. The van der Waals surface area contributed by atoms with Gasteiger partial charge in [-0.3, -0.25) is 4.98 Å². The van der Waals surface area contributed by atoms with Crippen LogP contribution in [0.15, 0.2) is 42.7 Å². The highest BCUT2D eigenvalue weighted by Crippen LogP contribution is 2.25. The average Bonchev–Trinajstić information content (AvgIpc) is 2.46. The van der Waals surface area contributed by atoms with Crippen molar-refractivity contribution >= 4 is 5.69 Å². The molecule has 0 saturated heterocycles. The van der Waals surface area contributed by atoms with E-state index in [4.69, 9.17) is 4.74 Å². The molecule has 4 heteroatoms. The van der Waals surface area contributed by atoms with E-state index in [0.29, 0.717) is 0 Å². The fraction of sp³-hybridized carbons (Fsp3) is 0.312. The summed E-state index contributed by atoms with van der Waals surface area (Å²) in [5, 5.41) is 3.28. The Kier molecular flexibility index (Phi) is 4.96. The van der Waals surface area contributed by atoms with Crippen LogP contribution < -0.4 is 15.0 Å². The van der Waals surface area contributed by atoms with Crippen LogP contribution in [0.1, 0.15) is 12.5 Å². The van der Waals surface area contributed by atoms with Gasteiger partial charge >= 0.3 is 0 Å². The molecule has 1 N–H and O–H groups in total. The van der Waals surface area contributed by atoms with Crippen molar-refractivity contribution in [3.05, 3.63) is 48.3 Å². The van der Waals surface area contributed by atoms with Gasteiger partial charge in [0.25, 0.3) is 0 Å². The second kappa shape index (κ2) is 6.91. The summed E-state index contributed by atoms with van der Waals surface area (Å²) in [6.07, 6.45) is 3.59. The molecule has 0 aliphatic heterocycles. The Hall–Kier alpha value is -2.07. The quantitative estimate of drug-likeness (QED) is 0.876. The third kappa shape index (κ3) is 3.96. The van der Waals surface area contributed by atoms with E-state index >= 15 is 0 Å². The lowest BCUT2D eigenvalue weighted by molar-refractivity contribution is 0.479. The number of nitrogens with zero attached hydrogens (tertiary/aromatic N) is 2. The third-order valence-corrected chi connectivity index (χ3v) is 2.92. The summed E-state index contributed by atoms with van der Waals surface area (Å²) in [7, 11) is 4.02. The second-order valence-electron chi connectivity index (χ2n) is 4.80. The zero-order valence-corrected chi connectivity index (χ0v) is 12.3. The monoisotopic (exact) mass is 271 g/mol. The van der Waals surface area contributed by atoms with Crippen molar-refractivity contribution in [3.63, 3.8) is 0 Å². The first-order valence-corrected chi connectivity index (χ1v) is 6.79. The van der Waals surface area contributed by atoms with Gasteiger partial charge in [-0.1, -0.05) is 13.0 Å². The molecule has 1 heterocycles. The van der Waals surface area contributed by atoms with Gasteiger partial charge < -0.3 is 15.0 Å². The highest BCUT2D eigenvalue weighted by Gasteiger charge is 2.02. The molecular formula is C16H21N3O. The number of ether oxygens (including phenoxy) is 1. The summed E-state index contributed by atoms with van der Waals surface area (Å²) < 4.78 is 5.87. The molecule has 1 aromatic carbocycles. The Morgan fingerprint density at radius 1 is 1.15 bits per heavy atom. The molecule has 1 aromatic heterocycles. The van der Waals surface area contributed by atoms with E-state index in [1.54, 1.807) is 6.20 Å². The van der Waals surface area contributed by atoms with E-state index in [9.17, 15) is 0 Å². The number of anilines is 1. The van der Waals surface area contributed by atoms with Gasteiger partial charge in [0.1, 0.15) is 11.5 Å². The predicted molar refractivity (Wildman–Crippen MR) is 82.5 cm³/mol. The van der Waals surface area contributed by atoms with Gasteiger partial charge in [0, 0.05) is 38.6 Å². The lowest BCUT2D eigenvalue weighted by Gasteiger charge is -2.14. The number of pyridine rings is 1. The Balaban J connectivity index is 2.11. The summed E-state index contributed by atoms with van der Waals surface area (Å²) in [6, 6.07) is 10.0. The molecule has 0 radical (unpaired) electrons. The van der Waals surface area contributed by atoms with E-state index in [1.165, 1.54) is 0 Å². The molecule has 2 rings (SSSR count). The maximum absolute atomic E-state index is 5.87. The highest BCUT2D eigenvalue weighted by atomic mass is 16.5. The highest BCUT2D eigenvalue weighted by molar-refractivity contribution is 5.50. The molecule has 0 bridgehead atoms. The normalized spacial score (nSPS) is 10.3. The SMILES string of the molecule is CCNCc1cncc(Oc2cccc(N(C)C)c2)c1. The molecule has 106 valence electrons. The van der Waals surface area contributed by atoms with E-state index in [1.807, 2.05) is 55.5 Å². The minimum Gasteiger partial charge on any atom is -0.456 e. The van der Waals surface area contributed by atoms with Crippen molar-refractivity contribution in [1.82, 2.24) is 10.3 Å². The fourth-order valence-corrected chi connectivity index (χ4v) is 1.85. The maximum Gasteiger partial charge on any atom is 0.146 e. The van der Waals surface area contributed by atoms with Gasteiger partial charge in [-0.25, -0.2) is 0 Å². The van der Waals surface area contributed by atoms with Crippen LogP contribution in [0.2, 0.25) is 0 Å². The first-order valence-electron chi connectivity index (χ1n) is 6.79. The van der Waals surface area contributed by atoms with Crippen molar-refractivity contribution in [1.29, 1.82) is 0 Å². The molecule has 0 spiro atoms. The van der Waals surface area contributed by atoms with Crippen LogP contribution in [-0.4, -0.2) is 25.6 Å². The summed E-state index contributed by atoms with van der Waals surface area (Å²) in [4.78, 5) is 6.26. The molecule has 4 nitrogen and oxygen atoms in total. The number of aromatic nitrogens is 1. The summed E-state index contributed by atoms with van der Waals surface area (Å²) in [5.41, 5.74) is 2.23. The Morgan fingerprint density at radius 3 is 2.75 bits per heavy atom. The molecule has 0 aliphatic carbocycles. The van der Waals surface area contributed by atoms with E-state index < -0.39 is 0 Å². The van der Waals surface area contributed by atoms with Crippen LogP contribution >= 0.6 is 0 Å². The molecule has 0 aliphatic rings. The number of nitrogens with one attached hydrogen (secondary N) is 1. The molecule has 0 fully saturated rings. The molecule has 2 aromatic rings. The largest absolute Gasteiger partial charge is 0.456 e. The van der Waals surface area contributed by atoms with Crippen LogP contribution in [0.25, 0.3) is 0 Å². The number of hydrogen-bond donors (Lipinski definition) is 1. The van der Waals surface area contributed by atoms with E-state index in [-0.39, 0.29) is 0 Å². The summed E-state index contributed by atoms with van der Waals surface area (Å²) >= 11 is 0. The van der Waals surface area contributed by atoms with Crippen LogP contribution in [0.5, 0.6) is 11.5 Å². The van der Waals surface area contributed by atoms with Crippen LogP contribution in [0.3, 0.4) is 0 Å². The van der Waals surface area contributed by atoms with Crippen molar-refractivity contribution in [3.8, 4) is 11.5 Å². The van der Waals surface area contributed by atoms with E-state index in [2.05, 4.69) is 17.2 Å². The van der Waals surface area contributed by atoms with Crippen LogP contribution in [0, 0.1) is 0 Å². The zero-order valence-electron chi connectivity index (χ0n) is 12.3. The van der Waals surface area contributed by atoms with Crippen LogP contribution in [-0.2, 0) is 6.54 Å². The minimum atomic E-state index is 0.760. The van der Waals surface area contributed by atoms with Crippen molar-refractivity contribution in [2.45, 2.75) is 13.5 Å². The molecule has 0 unspecified atom stereocenters. The topological polar surface area (TPSA) is 37.4 Å². The predicted octanol–water partition coefficient (Wildman–Crippen LogP) is 3.05. The molecule has 20 heavy (non-hydrogen) atoms. The van der Waals surface area contributed by atoms with Gasteiger partial charge in [-0.15, -0.1) is 0 Å². The molecule has 0 atom stereocenters. The van der Waals surface area contributed by atoms with Gasteiger partial charge in [0.2, 0.25) is 0 Å². The fourth-order valence-electron chi connectivity index (χ4n) is 1.85. The lowest BCUT2D eigenvalue weighted by Crippen LogP contribution is -2.11. The maximum atomic E-state index is 5.87. The first kappa shape index (κ1) is 14.3. The van der Waals surface area contributed by atoms with Crippen molar-refractivity contribution in [2.75, 3.05) is 25.5 Å². The number of benzene rings is 1. The van der Waals surface area contributed by atoms with E-state index in [0.717, 1.165) is 35.8 Å². The number of hydrogen-bond acceptors (Lipinski definition) is 4. The smallest absolute Gasteiger partial charge is 0.146 e. The van der Waals surface area contributed by atoms with Gasteiger partial charge in [0.15, 0.2) is 0 Å². The van der Waals surface area contributed by atoms with Gasteiger partial charge in [-0.05, 0) is 30.3 Å². The lowest BCUT2D eigenvalue weighted by atomic mass is 10.2. The summed E-state index contributed by atoms with van der Waals surface area (Å²) in [6.45, 7) is 3.83. The first-order chi connectivity index (χ1) is 9.69. The Bertz CT molecular complexity index is 555. The Labute approximate surface area is 120 Å². The second-order valence-corrected chi connectivity index (χ2v) is 4.80. The zero-order chi connectivity index (χ0) is 14.4. The molecule has 0 amide bonds. The van der Waals surface area contributed by atoms with Gasteiger partial charge in [0.05, 0.1) is 6.20 Å². The number of rotatable bonds is 6. The van der Waals surface area contributed by atoms with Crippen molar-refractivity contribution in [2.24, 2.45) is 0 Å². The third-order valence-electron chi connectivity index (χ3n) is 2.92. The standard InChI is InChI=1S/C16H21N3O/c1-4-17-10-13-8-16(12-18-11-13)20-15-7-5-6-14(9-15)19(2)3/h5-9,11-12,17H,4,10H2,1-3H3. The van der Waals surface area contributed by atoms with Crippen LogP contribution in [0.4, 0.5) is 5.69 Å². The van der Waals surface area contributed by atoms with Crippen molar-refractivity contribution < 1.29 is 4.74 Å².